The molecule has 0 bridgehead atoms. The Morgan fingerprint density at radius 1 is 0.958 bits per heavy atom. The molecule has 0 radical (unpaired) electrons. The van der Waals surface area contributed by atoms with Crippen molar-refractivity contribution in [2.45, 2.75) is 39.5 Å². The summed E-state index contributed by atoms with van der Waals surface area (Å²) in [7, 11) is 0. The Labute approximate surface area is 142 Å². The number of nitrogens with one attached hydrogen (secondary N) is 1. The van der Waals surface area contributed by atoms with Gasteiger partial charge in [0.15, 0.2) is 0 Å². The van der Waals surface area contributed by atoms with Crippen LogP contribution in [0.4, 0.5) is 5.69 Å². The fourth-order valence-corrected chi connectivity index (χ4v) is 2.35. The van der Waals surface area contributed by atoms with E-state index >= 15 is 0 Å². The van der Waals surface area contributed by atoms with Gasteiger partial charge in [-0.2, -0.15) is 0 Å². The quantitative estimate of drug-likeness (QED) is 0.615. The zero-order valence-electron chi connectivity index (χ0n) is 14.2. The van der Waals surface area contributed by atoms with E-state index in [4.69, 9.17) is 4.74 Å². The van der Waals surface area contributed by atoms with Crippen LogP contribution in [0.25, 0.3) is 0 Å². The molecule has 0 unspecified atom stereocenters. The Morgan fingerprint density at radius 2 is 1.58 bits per heavy atom. The van der Waals surface area contributed by atoms with Crippen molar-refractivity contribution in [1.82, 2.24) is 0 Å². The molecule has 0 saturated carbocycles. The van der Waals surface area contributed by atoms with Crippen LogP contribution < -0.4 is 10.1 Å². The molecule has 0 aliphatic carbocycles. The van der Waals surface area contributed by atoms with E-state index in [1.165, 1.54) is 25.3 Å². The van der Waals surface area contributed by atoms with Crippen molar-refractivity contribution in [3.8, 4) is 5.75 Å². The standard InChI is InChI=1S/C20H23NO3/c1-3-4-5-16-6-8-17(9-7-16)14-20(23)24-19-12-10-18(11-13-19)21-15(2)22/h6-13H,3-5,14H2,1-2H3,(H,21,22). The Bertz CT molecular complexity index is 675. The normalized spacial score (nSPS) is 10.2. The first kappa shape index (κ1) is 17.7. The lowest BCUT2D eigenvalue weighted by Crippen LogP contribution is -2.11. The molecule has 4 heteroatoms. The van der Waals surface area contributed by atoms with Crippen LogP contribution in [-0.4, -0.2) is 11.9 Å². The van der Waals surface area contributed by atoms with Gasteiger partial charge in [-0.25, -0.2) is 0 Å². The molecular weight excluding hydrogens is 302 g/mol. The van der Waals surface area contributed by atoms with Gasteiger partial charge in [0.05, 0.1) is 6.42 Å². The molecule has 1 amide bonds. The maximum Gasteiger partial charge on any atom is 0.315 e. The van der Waals surface area contributed by atoms with Gasteiger partial charge in [0, 0.05) is 12.6 Å². The summed E-state index contributed by atoms with van der Waals surface area (Å²) in [6, 6.07) is 14.8. The van der Waals surface area contributed by atoms with Gasteiger partial charge in [0.2, 0.25) is 5.91 Å². The minimum absolute atomic E-state index is 0.137. The number of esters is 1. The fourth-order valence-electron chi connectivity index (χ4n) is 2.35. The summed E-state index contributed by atoms with van der Waals surface area (Å²) in [6.07, 6.45) is 3.66. The zero-order chi connectivity index (χ0) is 17.4. The lowest BCUT2D eigenvalue weighted by molar-refractivity contribution is -0.133. The number of hydrogen-bond donors (Lipinski definition) is 1. The van der Waals surface area contributed by atoms with Gasteiger partial charge in [-0.1, -0.05) is 37.6 Å². The number of unbranched alkanes of at least 4 members (excludes halogenated alkanes) is 1. The fraction of sp³-hybridized carbons (Fsp3) is 0.300. The van der Waals surface area contributed by atoms with Crippen LogP contribution in [0.3, 0.4) is 0 Å². The summed E-state index contributed by atoms with van der Waals surface area (Å²) in [4.78, 5) is 23.0. The van der Waals surface area contributed by atoms with E-state index in [9.17, 15) is 9.59 Å². The van der Waals surface area contributed by atoms with Crippen molar-refractivity contribution in [2.24, 2.45) is 0 Å². The molecule has 4 nitrogen and oxygen atoms in total. The first-order valence-electron chi connectivity index (χ1n) is 8.23. The molecule has 0 aromatic heterocycles. The first-order valence-corrected chi connectivity index (χ1v) is 8.23. The number of ether oxygens (including phenoxy) is 1. The van der Waals surface area contributed by atoms with E-state index in [-0.39, 0.29) is 18.3 Å². The number of rotatable bonds is 7. The number of carbonyl (C=O) groups excluding carboxylic acids is 2. The van der Waals surface area contributed by atoms with E-state index in [2.05, 4.69) is 24.4 Å². The summed E-state index contributed by atoms with van der Waals surface area (Å²) in [5.74, 6) is 0.0272. The van der Waals surface area contributed by atoms with Gasteiger partial charge in [0.25, 0.3) is 0 Å². The van der Waals surface area contributed by atoms with Crippen LogP contribution in [0.2, 0.25) is 0 Å². The minimum Gasteiger partial charge on any atom is -0.426 e. The lowest BCUT2D eigenvalue weighted by Gasteiger charge is -2.07. The molecule has 1 N–H and O–H groups in total. The maximum atomic E-state index is 12.0. The minimum atomic E-state index is -0.302. The van der Waals surface area contributed by atoms with Crippen molar-refractivity contribution in [3.05, 3.63) is 59.7 Å². The van der Waals surface area contributed by atoms with Crippen LogP contribution in [0.1, 0.15) is 37.8 Å². The summed E-state index contributed by atoms with van der Waals surface area (Å²) in [6.45, 7) is 3.62. The van der Waals surface area contributed by atoms with Crippen molar-refractivity contribution >= 4 is 17.6 Å². The van der Waals surface area contributed by atoms with Crippen LogP contribution in [0, 0.1) is 0 Å². The number of benzene rings is 2. The molecule has 24 heavy (non-hydrogen) atoms. The zero-order valence-corrected chi connectivity index (χ0v) is 14.2. The highest BCUT2D eigenvalue weighted by molar-refractivity contribution is 5.88. The van der Waals surface area contributed by atoms with E-state index < -0.39 is 0 Å². The number of anilines is 1. The number of aryl methyl sites for hydroxylation is 1. The molecule has 2 aromatic rings. The topological polar surface area (TPSA) is 55.4 Å². The maximum absolute atomic E-state index is 12.0. The van der Waals surface area contributed by atoms with Gasteiger partial charge in [-0.3, -0.25) is 9.59 Å². The highest BCUT2D eigenvalue weighted by Crippen LogP contribution is 2.16. The largest absolute Gasteiger partial charge is 0.426 e. The van der Waals surface area contributed by atoms with Crippen molar-refractivity contribution in [2.75, 3.05) is 5.32 Å². The summed E-state index contributed by atoms with van der Waals surface area (Å²) in [5.41, 5.74) is 2.91. The predicted octanol–water partition coefficient (Wildman–Crippen LogP) is 4.14. The molecule has 0 fully saturated rings. The van der Waals surface area contributed by atoms with Crippen LogP contribution in [0.5, 0.6) is 5.75 Å². The Morgan fingerprint density at radius 3 is 2.17 bits per heavy atom. The van der Waals surface area contributed by atoms with Gasteiger partial charge < -0.3 is 10.1 Å². The van der Waals surface area contributed by atoms with Crippen LogP contribution >= 0.6 is 0 Å². The molecule has 0 saturated heterocycles. The lowest BCUT2D eigenvalue weighted by atomic mass is 10.1. The Hall–Kier alpha value is -2.62. The second-order valence-electron chi connectivity index (χ2n) is 5.78. The summed E-state index contributed by atoms with van der Waals surface area (Å²) in [5, 5.41) is 2.67. The van der Waals surface area contributed by atoms with E-state index in [0.29, 0.717) is 11.4 Å². The molecule has 2 aromatic carbocycles. The third-order valence-electron chi connectivity index (χ3n) is 3.60. The van der Waals surface area contributed by atoms with E-state index in [1.807, 2.05) is 12.1 Å². The number of amides is 1. The van der Waals surface area contributed by atoms with Crippen LogP contribution in [0.15, 0.2) is 48.5 Å². The molecule has 0 heterocycles. The molecule has 0 aliphatic heterocycles. The first-order chi connectivity index (χ1) is 11.6. The van der Waals surface area contributed by atoms with Crippen LogP contribution in [-0.2, 0) is 22.4 Å². The average molecular weight is 325 g/mol. The van der Waals surface area contributed by atoms with Gasteiger partial charge in [0.1, 0.15) is 5.75 Å². The summed E-state index contributed by atoms with van der Waals surface area (Å²) >= 11 is 0. The second kappa shape index (κ2) is 8.87. The van der Waals surface area contributed by atoms with Crippen molar-refractivity contribution in [3.63, 3.8) is 0 Å². The third kappa shape index (κ3) is 5.88. The van der Waals surface area contributed by atoms with E-state index in [1.54, 1.807) is 24.3 Å². The average Bonchev–Trinajstić information content (AvgIpc) is 2.55. The van der Waals surface area contributed by atoms with Crippen molar-refractivity contribution in [1.29, 1.82) is 0 Å². The molecule has 126 valence electrons. The highest BCUT2D eigenvalue weighted by atomic mass is 16.5. The molecule has 0 spiro atoms. The van der Waals surface area contributed by atoms with Gasteiger partial charge >= 0.3 is 5.97 Å². The highest BCUT2D eigenvalue weighted by Gasteiger charge is 2.07. The number of hydrogen-bond acceptors (Lipinski definition) is 3. The SMILES string of the molecule is CCCCc1ccc(CC(=O)Oc2ccc(NC(C)=O)cc2)cc1. The molecule has 2 rings (SSSR count). The third-order valence-corrected chi connectivity index (χ3v) is 3.60. The second-order valence-corrected chi connectivity index (χ2v) is 5.78. The van der Waals surface area contributed by atoms with Gasteiger partial charge in [-0.15, -0.1) is 0 Å². The van der Waals surface area contributed by atoms with Crippen molar-refractivity contribution < 1.29 is 14.3 Å². The van der Waals surface area contributed by atoms with Gasteiger partial charge in [-0.05, 0) is 48.2 Å². The Balaban J connectivity index is 1.87. The smallest absolute Gasteiger partial charge is 0.315 e. The monoisotopic (exact) mass is 325 g/mol. The summed E-state index contributed by atoms with van der Waals surface area (Å²) < 4.78 is 5.32. The molecule has 0 atom stereocenters. The Kier molecular flexibility index (Phi) is 6.55. The number of carbonyl (C=O) groups is 2. The predicted molar refractivity (Wildman–Crippen MR) is 95.1 cm³/mol. The molecular formula is C20H23NO3. The molecule has 0 aliphatic rings. The van der Waals surface area contributed by atoms with E-state index in [0.717, 1.165) is 12.0 Å².